The highest BCUT2D eigenvalue weighted by Gasteiger charge is 2.38. The topological polar surface area (TPSA) is 70.5 Å². The van der Waals surface area contributed by atoms with Gasteiger partial charge in [-0.2, -0.15) is 0 Å². The second-order valence-corrected chi connectivity index (χ2v) is 5.69. The van der Waals surface area contributed by atoms with Gasteiger partial charge in [0.15, 0.2) is 5.13 Å². The summed E-state index contributed by atoms with van der Waals surface area (Å²) in [6.07, 6.45) is 6.78. The molecule has 1 aliphatic carbocycles. The molecule has 1 atom stereocenters. The SMILES string of the molecule is CCN(C(=O)C1(C)C=CC=C(C(=O)O)C1)c1nccs1. The van der Waals surface area contributed by atoms with Gasteiger partial charge in [0.1, 0.15) is 0 Å². The molecule has 5 nitrogen and oxygen atoms in total. The monoisotopic (exact) mass is 292 g/mol. The molecule has 0 saturated heterocycles. The van der Waals surface area contributed by atoms with Crippen molar-refractivity contribution in [3.63, 3.8) is 0 Å². The summed E-state index contributed by atoms with van der Waals surface area (Å²) >= 11 is 1.39. The zero-order valence-corrected chi connectivity index (χ0v) is 12.2. The van der Waals surface area contributed by atoms with Crippen LogP contribution in [-0.2, 0) is 9.59 Å². The van der Waals surface area contributed by atoms with Gasteiger partial charge in [-0.3, -0.25) is 9.69 Å². The van der Waals surface area contributed by atoms with Crippen LogP contribution in [-0.4, -0.2) is 28.5 Å². The van der Waals surface area contributed by atoms with Gasteiger partial charge in [0, 0.05) is 23.7 Å². The predicted molar refractivity (Wildman–Crippen MR) is 77.7 cm³/mol. The third-order valence-corrected chi connectivity index (χ3v) is 4.09. The Morgan fingerprint density at radius 2 is 2.30 bits per heavy atom. The van der Waals surface area contributed by atoms with Crippen LogP contribution in [0.25, 0.3) is 0 Å². The average Bonchev–Trinajstić information content (AvgIpc) is 2.93. The fraction of sp³-hybridized carbons (Fsp3) is 0.357. The van der Waals surface area contributed by atoms with Crippen LogP contribution in [0.15, 0.2) is 35.4 Å². The van der Waals surface area contributed by atoms with E-state index in [9.17, 15) is 9.59 Å². The highest BCUT2D eigenvalue weighted by molar-refractivity contribution is 7.13. The van der Waals surface area contributed by atoms with Gasteiger partial charge >= 0.3 is 5.97 Å². The number of rotatable bonds is 4. The van der Waals surface area contributed by atoms with Crippen molar-refractivity contribution in [1.82, 2.24) is 4.98 Å². The lowest BCUT2D eigenvalue weighted by molar-refractivity contribution is -0.133. The minimum Gasteiger partial charge on any atom is -0.478 e. The van der Waals surface area contributed by atoms with Crippen LogP contribution in [0.4, 0.5) is 5.13 Å². The molecule has 1 N–H and O–H groups in total. The highest BCUT2D eigenvalue weighted by atomic mass is 32.1. The number of carbonyl (C=O) groups is 2. The van der Waals surface area contributed by atoms with Gasteiger partial charge in [-0.25, -0.2) is 9.78 Å². The fourth-order valence-electron chi connectivity index (χ4n) is 2.21. The van der Waals surface area contributed by atoms with Crippen molar-refractivity contribution < 1.29 is 14.7 Å². The van der Waals surface area contributed by atoms with Crippen LogP contribution in [0.2, 0.25) is 0 Å². The molecule has 6 heteroatoms. The van der Waals surface area contributed by atoms with Crippen molar-refractivity contribution in [2.24, 2.45) is 5.41 Å². The number of hydrogen-bond acceptors (Lipinski definition) is 4. The first-order valence-corrected chi connectivity index (χ1v) is 7.19. The summed E-state index contributed by atoms with van der Waals surface area (Å²) < 4.78 is 0. The molecule has 0 saturated carbocycles. The predicted octanol–water partition coefficient (Wildman–Crippen LogP) is 2.47. The zero-order valence-electron chi connectivity index (χ0n) is 11.4. The van der Waals surface area contributed by atoms with Gasteiger partial charge < -0.3 is 5.11 Å². The molecule has 0 aromatic carbocycles. The normalized spacial score (nSPS) is 21.4. The first-order valence-electron chi connectivity index (χ1n) is 6.31. The van der Waals surface area contributed by atoms with Gasteiger partial charge in [-0.05, 0) is 20.3 Å². The number of aliphatic carboxylic acids is 1. The number of allylic oxidation sites excluding steroid dienone is 2. The molecule has 2 rings (SSSR count). The summed E-state index contributed by atoms with van der Waals surface area (Å²) in [5, 5.41) is 11.5. The van der Waals surface area contributed by atoms with Gasteiger partial charge in [0.05, 0.1) is 5.41 Å². The Labute approximate surface area is 121 Å². The minimum absolute atomic E-state index is 0.127. The molecule has 0 spiro atoms. The molecule has 20 heavy (non-hydrogen) atoms. The summed E-state index contributed by atoms with van der Waals surface area (Å²) in [4.78, 5) is 29.6. The molecule has 1 heterocycles. The number of anilines is 1. The Morgan fingerprint density at radius 1 is 1.55 bits per heavy atom. The second-order valence-electron chi connectivity index (χ2n) is 4.81. The maximum Gasteiger partial charge on any atom is 0.331 e. The van der Waals surface area contributed by atoms with Crippen LogP contribution in [0.1, 0.15) is 20.3 Å². The smallest absolute Gasteiger partial charge is 0.331 e. The Kier molecular flexibility index (Phi) is 4.04. The standard InChI is InChI=1S/C14H16N2O3S/c1-3-16(13-15-7-8-20-13)12(19)14(2)6-4-5-10(9-14)11(17)18/h4-8H,3,9H2,1-2H3,(H,17,18). The summed E-state index contributed by atoms with van der Waals surface area (Å²) in [7, 11) is 0. The fourth-order valence-corrected chi connectivity index (χ4v) is 2.91. The Hall–Kier alpha value is -1.95. The van der Waals surface area contributed by atoms with E-state index in [1.165, 1.54) is 17.4 Å². The third-order valence-electron chi connectivity index (χ3n) is 3.29. The van der Waals surface area contributed by atoms with Crippen molar-refractivity contribution >= 4 is 28.3 Å². The van der Waals surface area contributed by atoms with E-state index in [2.05, 4.69) is 4.98 Å². The third kappa shape index (κ3) is 2.65. The highest BCUT2D eigenvalue weighted by Crippen LogP contribution is 2.35. The number of aromatic nitrogens is 1. The molecule has 0 radical (unpaired) electrons. The second kappa shape index (κ2) is 5.58. The summed E-state index contributed by atoms with van der Waals surface area (Å²) in [5.74, 6) is -1.11. The first kappa shape index (κ1) is 14.5. The molecule has 1 aromatic heterocycles. The van der Waals surface area contributed by atoms with Crippen molar-refractivity contribution in [2.45, 2.75) is 20.3 Å². The maximum atomic E-state index is 12.7. The van der Waals surface area contributed by atoms with E-state index in [0.29, 0.717) is 11.7 Å². The van der Waals surface area contributed by atoms with Crippen molar-refractivity contribution in [1.29, 1.82) is 0 Å². The Bertz CT molecular complexity index is 577. The molecule has 0 aliphatic heterocycles. The average molecular weight is 292 g/mol. The van der Waals surface area contributed by atoms with Crippen LogP contribution in [0.5, 0.6) is 0 Å². The van der Waals surface area contributed by atoms with E-state index in [1.807, 2.05) is 12.3 Å². The van der Waals surface area contributed by atoms with Crippen molar-refractivity contribution in [3.8, 4) is 0 Å². The van der Waals surface area contributed by atoms with Crippen LogP contribution < -0.4 is 4.90 Å². The van der Waals surface area contributed by atoms with Crippen LogP contribution >= 0.6 is 11.3 Å². The molecule has 1 aliphatic rings. The number of thiazole rings is 1. The van der Waals surface area contributed by atoms with E-state index < -0.39 is 11.4 Å². The number of hydrogen-bond donors (Lipinski definition) is 1. The lowest BCUT2D eigenvalue weighted by atomic mass is 9.79. The van der Waals surface area contributed by atoms with Crippen molar-refractivity contribution in [3.05, 3.63) is 35.4 Å². The molecular weight excluding hydrogens is 276 g/mol. The van der Waals surface area contributed by atoms with E-state index in [4.69, 9.17) is 5.11 Å². The Balaban J connectivity index is 2.26. The van der Waals surface area contributed by atoms with Gasteiger partial charge in [0.25, 0.3) is 0 Å². The van der Waals surface area contributed by atoms with E-state index >= 15 is 0 Å². The maximum absolute atomic E-state index is 12.7. The molecule has 1 aromatic rings. The summed E-state index contributed by atoms with van der Waals surface area (Å²) in [6, 6.07) is 0. The minimum atomic E-state index is -0.981. The number of amides is 1. The number of carboxylic acids is 1. The summed E-state index contributed by atoms with van der Waals surface area (Å²) in [5.41, 5.74) is -0.594. The molecule has 1 unspecified atom stereocenters. The van der Waals surface area contributed by atoms with Crippen LogP contribution in [0, 0.1) is 5.41 Å². The number of carbonyl (C=O) groups excluding carboxylic acids is 1. The van der Waals surface area contributed by atoms with E-state index in [-0.39, 0.29) is 17.9 Å². The lowest BCUT2D eigenvalue weighted by Gasteiger charge is -2.32. The quantitative estimate of drug-likeness (QED) is 0.925. The lowest BCUT2D eigenvalue weighted by Crippen LogP contribution is -2.42. The molecule has 1 amide bonds. The van der Waals surface area contributed by atoms with Crippen LogP contribution in [0.3, 0.4) is 0 Å². The van der Waals surface area contributed by atoms with E-state index in [1.54, 1.807) is 30.2 Å². The zero-order chi connectivity index (χ0) is 14.8. The first-order chi connectivity index (χ1) is 9.48. The molecule has 0 fully saturated rings. The van der Waals surface area contributed by atoms with Gasteiger partial charge in [-0.15, -0.1) is 11.3 Å². The van der Waals surface area contributed by atoms with E-state index in [0.717, 1.165) is 0 Å². The van der Waals surface area contributed by atoms with Crippen molar-refractivity contribution in [2.75, 3.05) is 11.4 Å². The number of nitrogens with zero attached hydrogens (tertiary/aromatic N) is 2. The van der Waals surface area contributed by atoms with Gasteiger partial charge in [-0.1, -0.05) is 18.2 Å². The molecular formula is C14H16N2O3S. The Morgan fingerprint density at radius 3 is 2.85 bits per heavy atom. The number of carboxylic acid groups (broad SMARTS) is 1. The molecule has 106 valence electrons. The largest absolute Gasteiger partial charge is 0.478 e. The molecule has 0 bridgehead atoms. The van der Waals surface area contributed by atoms with Gasteiger partial charge in [0.2, 0.25) is 5.91 Å². The summed E-state index contributed by atoms with van der Waals surface area (Å²) in [6.45, 7) is 4.14.